The van der Waals surface area contributed by atoms with Crippen LogP contribution in [0, 0.1) is 5.92 Å². The highest BCUT2D eigenvalue weighted by atomic mass is 35.5. The van der Waals surface area contributed by atoms with Gasteiger partial charge in [0.25, 0.3) is 0 Å². The van der Waals surface area contributed by atoms with Crippen molar-refractivity contribution in [2.75, 3.05) is 18.9 Å². The van der Waals surface area contributed by atoms with Gasteiger partial charge in [0.15, 0.2) is 5.65 Å². The molecule has 1 saturated heterocycles. The Labute approximate surface area is 191 Å². The highest BCUT2D eigenvalue weighted by molar-refractivity contribution is 6.33. The number of anilines is 1. The van der Waals surface area contributed by atoms with Crippen molar-refractivity contribution in [2.24, 2.45) is 5.92 Å². The summed E-state index contributed by atoms with van der Waals surface area (Å²) in [4.78, 5) is 7.74. The third-order valence-corrected chi connectivity index (χ3v) is 6.03. The van der Waals surface area contributed by atoms with Crippen LogP contribution in [0.2, 0.25) is 5.02 Å². The number of alkyl halides is 3. The van der Waals surface area contributed by atoms with Crippen molar-refractivity contribution in [3.63, 3.8) is 0 Å². The van der Waals surface area contributed by atoms with Crippen molar-refractivity contribution < 1.29 is 17.9 Å². The fourth-order valence-electron chi connectivity index (χ4n) is 4.18. The molecule has 0 amide bonds. The molecule has 12 heteroatoms. The number of nitrogens with zero attached hydrogens (tertiary/aromatic N) is 6. The Morgan fingerprint density at radius 2 is 1.91 bits per heavy atom. The van der Waals surface area contributed by atoms with Gasteiger partial charge in [0.2, 0.25) is 5.95 Å². The summed E-state index contributed by atoms with van der Waals surface area (Å²) in [5.74, 6) is 0.241. The van der Waals surface area contributed by atoms with Gasteiger partial charge in [-0.15, -0.1) is 5.10 Å². The first-order valence-electron chi connectivity index (χ1n) is 10.3. The second-order valence-electron chi connectivity index (χ2n) is 7.89. The second kappa shape index (κ2) is 8.31. The summed E-state index contributed by atoms with van der Waals surface area (Å²) in [7, 11) is 0. The zero-order chi connectivity index (χ0) is 23.2. The van der Waals surface area contributed by atoms with Gasteiger partial charge >= 0.3 is 6.18 Å². The number of ether oxygens (including phenoxy) is 1. The van der Waals surface area contributed by atoms with E-state index in [0.29, 0.717) is 29.4 Å². The van der Waals surface area contributed by atoms with E-state index in [0.717, 1.165) is 30.0 Å². The monoisotopic (exact) mass is 477 g/mol. The number of rotatable bonds is 4. The maximum absolute atomic E-state index is 13.0. The van der Waals surface area contributed by atoms with Gasteiger partial charge < -0.3 is 10.5 Å². The highest BCUT2D eigenvalue weighted by Crippen LogP contribution is 2.36. The van der Waals surface area contributed by atoms with Gasteiger partial charge in [-0.1, -0.05) is 17.7 Å². The molecule has 0 bridgehead atoms. The molecule has 1 fully saturated rings. The lowest BCUT2D eigenvalue weighted by atomic mass is 9.87. The van der Waals surface area contributed by atoms with Crippen LogP contribution in [0.15, 0.2) is 43.0 Å². The molecule has 33 heavy (non-hydrogen) atoms. The molecule has 172 valence electrons. The quantitative estimate of drug-likeness (QED) is 0.472. The molecule has 0 aliphatic carbocycles. The number of aromatic nitrogens is 6. The minimum atomic E-state index is -4.49. The first-order chi connectivity index (χ1) is 15.8. The minimum absolute atomic E-state index is 0.110. The Hall–Kier alpha value is -3.18. The molecule has 4 aromatic heterocycles. The summed E-state index contributed by atoms with van der Waals surface area (Å²) < 4.78 is 47.8. The third kappa shape index (κ3) is 4.25. The van der Waals surface area contributed by atoms with Crippen LogP contribution in [0.1, 0.15) is 30.1 Å². The van der Waals surface area contributed by atoms with E-state index in [1.165, 1.54) is 16.8 Å². The van der Waals surface area contributed by atoms with E-state index in [-0.39, 0.29) is 17.9 Å². The average Bonchev–Trinajstić information content (AvgIpc) is 3.41. The molecule has 0 radical (unpaired) electrons. The molecule has 5 heterocycles. The smallest absolute Gasteiger partial charge is 0.381 e. The Morgan fingerprint density at radius 1 is 1.12 bits per heavy atom. The molecule has 8 nitrogen and oxygen atoms in total. The van der Waals surface area contributed by atoms with E-state index in [1.807, 2.05) is 6.20 Å². The lowest BCUT2D eigenvalue weighted by molar-refractivity contribution is -0.141. The summed E-state index contributed by atoms with van der Waals surface area (Å²) in [6.45, 7) is 1.17. The maximum atomic E-state index is 13.0. The number of pyridine rings is 2. The summed E-state index contributed by atoms with van der Waals surface area (Å²) in [6, 6.07) is 3.93. The van der Waals surface area contributed by atoms with Crippen LogP contribution >= 0.6 is 11.6 Å². The zero-order valence-corrected chi connectivity index (χ0v) is 18.0. The van der Waals surface area contributed by atoms with E-state index in [9.17, 15) is 13.2 Å². The largest absolute Gasteiger partial charge is 0.433 e. The summed E-state index contributed by atoms with van der Waals surface area (Å²) in [5.41, 5.74) is 7.37. The molecule has 0 spiro atoms. The SMILES string of the molecule is Nc1nc2c(Cl)cc(-c3cnn(C(c4ccc(C(F)(F)F)nc4)C4CCOCC4)c3)cn2n1. The number of hydrogen-bond donors (Lipinski definition) is 1. The van der Waals surface area contributed by atoms with Crippen LogP contribution in [0.5, 0.6) is 0 Å². The van der Waals surface area contributed by atoms with Crippen molar-refractivity contribution in [1.29, 1.82) is 0 Å². The molecule has 4 aromatic rings. The number of halogens is 4. The molecule has 1 aliphatic rings. The number of fused-ring (bicyclic) bond motifs is 1. The number of hydrogen-bond acceptors (Lipinski definition) is 6. The van der Waals surface area contributed by atoms with Gasteiger partial charge in [0.05, 0.1) is 17.3 Å². The Kier molecular flexibility index (Phi) is 5.45. The van der Waals surface area contributed by atoms with E-state index < -0.39 is 11.9 Å². The Balaban J connectivity index is 1.53. The molecule has 1 atom stereocenters. The van der Waals surface area contributed by atoms with Crippen molar-refractivity contribution in [3.8, 4) is 11.1 Å². The van der Waals surface area contributed by atoms with Crippen molar-refractivity contribution in [3.05, 3.63) is 59.3 Å². The Morgan fingerprint density at radius 3 is 2.61 bits per heavy atom. The first kappa shape index (κ1) is 21.7. The molecule has 1 aliphatic heterocycles. The minimum Gasteiger partial charge on any atom is -0.381 e. The van der Waals surface area contributed by atoms with Crippen molar-refractivity contribution >= 4 is 23.2 Å². The number of nitrogen functional groups attached to an aromatic ring is 1. The van der Waals surface area contributed by atoms with E-state index in [1.54, 1.807) is 23.1 Å². The number of nitrogens with two attached hydrogens (primary N) is 1. The van der Waals surface area contributed by atoms with Gasteiger partial charge in [-0.25, -0.2) is 4.52 Å². The van der Waals surface area contributed by atoms with Gasteiger partial charge in [0, 0.05) is 42.9 Å². The normalized spacial score (nSPS) is 16.4. The first-order valence-corrected chi connectivity index (χ1v) is 10.6. The van der Waals surface area contributed by atoms with Crippen molar-refractivity contribution in [2.45, 2.75) is 25.1 Å². The molecule has 5 rings (SSSR count). The predicted octanol–water partition coefficient (Wildman–Crippen LogP) is 4.26. The molecular weight excluding hydrogens is 459 g/mol. The molecule has 2 N–H and O–H groups in total. The van der Waals surface area contributed by atoms with Crippen LogP contribution in [-0.2, 0) is 10.9 Å². The summed E-state index contributed by atoms with van der Waals surface area (Å²) in [5, 5.41) is 9.04. The van der Waals surface area contributed by atoms with Gasteiger partial charge in [0.1, 0.15) is 5.69 Å². The van der Waals surface area contributed by atoms with Crippen LogP contribution in [0.3, 0.4) is 0 Å². The average molecular weight is 478 g/mol. The summed E-state index contributed by atoms with van der Waals surface area (Å²) in [6.07, 6.45) is 3.58. The topological polar surface area (TPSA) is 96.2 Å². The zero-order valence-electron chi connectivity index (χ0n) is 17.2. The second-order valence-corrected chi connectivity index (χ2v) is 8.30. The fourth-order valence-corrected chi connectivity index (χ4v) is 4.43. The van der Waals surface area contributed by atoms with Gasteiger partial charge in [-0.2, -0.15) is 23.3 Å². The van der Waals surface area contributed by atoms with E-state index >= 15 is 0 Å². The lowest BCUT2D eigenvalue weighted by Crippen LogP contribution is -2.27. The fraction of sp³-hybridized carbons (Fsp3) is 0.333. The highest BCUT2D eigenvalue weighted by Gasteiger charge is 2.33. The van der Waals surface area contributed by atoms with Gasteiger partial charge in [-0.05, 0) is 36.5 Å². The Bertz CT molecular complexity index is 1280. The van der Waals surface area contributed by atoms with Crippen LogP contribution < -0.4 is 5.73 Å². The molecule has 0 saturated carbocycles. The van der Waals surface area contributed by atoms with Crippen molar-refractivity contribution in [1.82, 2.24) is 29.4 Å². The molecule has 0 aromatic carbocycles. The summed E-state index contributed by atoms with van der Waals surface area (Å²) >= 11 is 6.34. The molecular formula is C21H19ClF3N7O. The van der Waals surface area contributed by atoms with E-state index in [2.05, 4.69) is 20.2 Å². The van der Waals surface area contributed by atoms with E-state index in [4.69, 9.17) is 22.1 Å². The maximum Gasteiger partial charge on any atom is 0.433 e. The van der Waals surface area contributed by atoms with Crippen LogP contribution in [0.25, 0.3) is 16.8 Å². The predicted molar refractivity (Wildman–Crippen MR) is 115 cm³/mol. The lowest BCUT2D eigenvalue weighted by Gasteiger charge is -2.30. The standard InChI is InChI=1S/C21H19ClF3N7O/c22-16-7-14(10-32-19(16)29-20(26)30-32)15-9-28-31(11-15)18(12-3-5-33-6-4-12)13-1-2-17(27-8-13)21(23,24)25/h1-2,7-12,18H,3-6H2,(H2,26,30). The van der Waals surface area contributed by atoms with Crippen LogP contribution in [0.4, 0.5) is 19.1 Å². The van der Waals surface area contributed by atoms with Crippen LogP contribution in [-0.4, -0.2) is 42.6 Å². The van der Waals surface area contributed by atoms with Gasteiger partial charge in [-0.3, -0.25) is 9.67 Å². The third-order valence-electron chi connectivity index (χ3n) is 5.76. The molecule has 1 unspecified atom stereocenters.